The van der Waals surface area contributed by atoms with Crippen molar-refractivity contribution in [3.63, 3.8) is 0 Å². The van der Waals surface area contributed by atoms with Gasteiger partial charge in [-0.15, -0.1) is 0 Å². The second-order valence-electron chi connectivity index (χ2n) is 3.76. The standard InChI is InChI=1S/C11H13IN2O2/c12-6-5-9-4-3-8-2-1-7-14(11(15)16)10(8)13-9/h3-4H,1-2,5-7H2,(H,15,16). The number of amides is 1. The lowest BCUT2D eigenvalue weighted by Gasteiger charge is -2.26. The van der Waals surface area contributed by atoms with Gasteiger partial charge in [0.1, 0.15) is 5.82 Å². The summed E-state index contributed by atoms with van der Waals surface area (Å²) in [6.07, 6.45) is 1.80. The number of rotatable bonds is 2. The molecule has 1 N–H and O–H groups in total. The molecule has 2 rings (SSSR count). The molecule has 1 aromatic heterocycles. The van der Waals surface area contributed by atoms with Crippen molar-refractivity contribution in [2.45, 2.75) is 19.3 Å². The molecule has 1 amide bonds. The lowest BCUT2D eigenvalue weighted by molar-refractivity contribution is 0.201. The van der Waals surface area contributed by atoms with Gasteiger partial charge in [-0.05, 0) is 30.9 Å². The number of anilines is 1. The molecule has 1 aliphatic rings. The smallest absolute Gasteiger partial charge is 0.413 e. The molecule has 86 valence electrons. The molecule has 16 heavy (non-hydrogen) atoms. The van der Waals surface area contributed by atoms with Crippen LogP contribution in [0.5, 0.6) is 0 Å². The van der Waals surface area contributed by atoms with Crippen LogP contribution in [-0.4, -0.2) is 27.2 Å². The van der Waals surface area contributed by atoms with E-state index < -0.39 is 6.09 Å². The molecular formula is C11H13IN2O2. The van der Waals surface area contributed by atoms with Gasteiger partial charge < -0.3 is 5.11 Å². The summed E-state index contributed by atoms with van der Waals surface area (Å²) in [6, 6.07) is 4.02. The van der Waals surface area contributed by atoms with Crippen molar-refractivity contribution in [1.29, 1.82) is 0 Å². The predicted octanol–water partition coefficient (Wildman–Crippen LogP) is 2.49. The van der Waals surface area contributed by atoms with Gasteiger partial charge in [-0.2, -0.15) is 0 Å². The molecular weight excluding hydrogens is 319 g/mol. The first kappa shape index (κ1) is 11.6. The Bertz CT molecular complexity index is 409. The van der Waals surface area contributed by atoms with Gasteiger partial charge in [0.15, 0.2) is 0 Å². The van der Waals surface area contributed by atoms with Crippen LogP contribution in [0.15, 0.2) is 12.1 Å². The molecule has 0 aliphatic carbocycles. The maximum atomic E-state index is 11.1. The van der Waals surface area contributed by atoms with E-state index in [0.29, 0.717) is 12.4 Å². The first-order chi connectivity index (χ1) is 7.72. The molecule has 5 heteroatoms. The highest BCUT2D eigenvalue weighted by Gasteiger charge is 2.23. The zero-order chi connectivity index (χ0) is 11.5. The normalized spacial score (nSPS) is 14.7. The number of pyridine rings is 1. The topological polar surface area (TPSA) is 53.4 Å². The van der Waals surface area contributed by atoms with Crippen molar-refractivity contribution < 1.29 is 9.90 Å². The molecule has 0 saturated carbocycles. The SMILES string of the molecule is O=C(O)N1CCCc2ccc(CCI)nc21. The molecule has 0 unspecified atom stereocenters. The lowest BCUT2D eigenvalue weighted by Crippen LogP contribution is -2.35. The Hall–Kier alpha value is -0.850. The molecule has 0 saturated heterocycles. The Morgan fingerprint density at radius 2 is 2.38 bits per heavy atom. The molecule has 0 spiro atoms. The number of nitrogens with zero attached hydrogens (tertiary/aromatic N) is 2. The number of carbonyl (C=O) groups is 1. The van der Waals surface area contributed by atoms with Crippen LogP contribution >= 0.6 is 22.6 Å². The lowest BCUT2D eigenvalue weighted by atomic mass is 10.1. The third-order valence-corrected chi connectivity index (χ3v) is 3.22. The van der Waals surface area contributed by atoms with E-state index in [4.69, 9.17) is 5.11 Å². The fourth-order valence-electron chi connectivity index (χ4n) is 1.90. The van der Waals surface area contributed by atoms with Crippen molar-refractivity contribution in [1.82, 2.24) is 4.98 Å². The molecule has 0 bridgehead atoms. The monoisotopic (exact) mass is 332 g/mol. The minimum absolute atomic E-state index is 0.559. The fraction of sp³-hybridized carbons (Fsp3) is 0.455. The number of alkyl halides is 1. The summed E-state index contributed by atoms with van der Waals surface area (Å²) < 4.78 is 0.997. The van der Waals surface area contributed by atoms with E-state index in [1.807, 2.05) is 12.1 Å². The van der Waals surface area contributed by atoms with Crippen LogP contribution in [0.4, 0.5) is 10.6 Å². The highest BCUT2D eigenvalue weighted by Crippen LogP contribution is 2.25. The van der Waals surface area contributed by atoms with Gasteiger partial charge in [-0.25, -0.2) is 9.78 Å². The van der Waals surface area contributed by atoms with Gasteiger partial charge in [0, 0.05) is 16.7 Å². The summed E-state index contributed by atoms with van der Waals surface area (Å²) in [4.78, 5) is 16.9. The minimum Gasteiger partial charge on any atom is -0.465 e. The van der Waals surface area contributed by atoms with Crippen molar-refractivity contribution >= 4 is 34.5 Å². The first-order valence-corrected chi connectivity index (χ1v) is 6.80. The highest BCUT2D eigenvalue weighted by atomic mass is 127. The average molecular weight is 332 g/mol. The fourth-order valence-corrected chi connectivity index (χ4v) is 2.45. The average Bonchev–Trinajstić information content (AvgIpc) is 2.28. The quantitative estimate of drug-likeness (QED) is 0.669. The number of fused-ring (bicyclic) bond motifs is 1. The molecule has 4 nitrogen and oxygen atoms in total. The molecule has 0 fully saturated rings. The number of aromatic nitrogens is 1. The zero-order valence-corrected chi connectivity index (χ0v) is 11.0. The van der Waals surface area contributed by atoms with Crippen molar-refractivity contribution in [3.8, 4) is 0 Å². The first-order valence-electron chi connectivity index (χ1n) is 5.27. The molecule has 2 heterocycles. The minimum atomic E-state index is -0.903. The van der Waals surface area contributed by atoms with Gasteiger partial charge >= 0.3 is 6.09 Å². The van der Waals surface area contributed by atoms with Crippen LogP contribution in [0.1, 0.15) is 17.7 Å². The number of carboxylic acid groups (broad SMARTS) is 1. The van der Waals surface area contributed by atoms with Gasteiger partial charge in [0.05, 0.1) is 0 Å². The van der Waals surface area contributed by atoms with Crippen LogP contribution in [0.2, 0.25) is 0 Å². The zero-order valence-electron chi connectivity index (χ0n) is 8.82. The van der Waals surface area contributed by atoms with Gasteiger partial charge in [-0.3, -0.25) is 4.90 Å². The molecule has 1 aromatic rings. The second-order valence-corrected chi connectivity index (χ2v) is 4.84. The maximum Gasteiger partial charge on any atom is 0.413 e. The largest absolute Gasteiger partial charge is 0.465 e. The van der Waals surface area contributed by atoms with Crippen LogP contribution in [0.3, 0.4) is 0 Å². The van der Waals surface area contributed by atoms with E-state index in [2.05, 4.69) is 27.6 Å². The number of hydrogen-bond acceptors (Lipinski definition) is 2. The third kappa shape index (κ3) is 2.28. The van der Waals surface area contributed by atoms with E-state index >= 15 is 0 Å². The Morgan fingerprint density at radius 3 is 3.06 bits per heavy atom. The molecule has 0 radical (unpaired) electrons. The predicted molar refractivity (Wildman–Crippen MR) is 70.5 cm³/mol. The molecule has 0 atom stereocenters. The Balaban J connectivity index is 2.36. The summed E-state index contributed by atoms with van der Waals surface area (Å²) in [5.74, 6) is 0.640. The van der Waals surface area contributed by atoms with Gasteiger partial charge in [0.25, 0.3) is 0 Å². The Labute approximate surface area is 108 Å². The van der Waals surface area contributed by atoms with Crippen LogP contribution < -0.4 is 4.90 Å². The summed E-state index contributed by atoms with van der Waals surface area (Å²) in [5, 5.41) is 9.09. The molecule has 0 aromatic carbocycles. The Morgan fingerprint density at radius 1 is 1.56 bits per heavy atom. The van der Waals surface area contributed by atoms with Gasteiger partial charge in [0.2, 0.25) is 0 Å². The maximum absolute atomic E-state index is 11.1. The van der Waals surface area contributed by atoms with Crippen molar-refractivity contribution in [2.24, 2.45) is 0 Å². The highest BCUT2D eigenvalue weighted by molar-refractivity contribution is 14.1. The van der Waals surface area contributed by atoms with Crippen molar-refractivity contribution in [2.75, 3.05) is 15.9 Å². The van der Waals surface area contributed by atoms with Crippen LogP contribution in [0.25, 0.3) is 0 Å². The van der Waals surface area contributed by atoms with E-state index in [9.17, 15) is 4.79 Å². The van der Waals surface area contributed by atoms with E-state index in [1.54, 1.807) is 0 Å². The van der Waals surface area contributed by atoms with E-state index in [1.165, 1.54) is 4.90 Å². The number of hydrogen-bond donors (Lipinski definition) is 1. The summed E-state index contributed by atoms with van der Waals surface area (Å²) in [7, 11) is 0. The van der Waals surface area contributed by atoms with Crippen LogP contribution in [0, 0.1) is 0 Å². The Kier molecular flexibility index (Phi) is 3.63. The number of aryl methyl sites for hydroxylation is 2. The van der Waals surface area contributed by atoms with E-state index in [-0.39, 0.29) is 0 Å². The third-order valence-electron chi connectivity index (χ3n) is 2.68. The summed E-state index contributed by atoms with van der Waals surface area (Å²) in [5.41, 5.74) is 2.02. The summed E-state index contributed by atoms with van der Waals surface area (Å²) in [6.45, 7) is 0.559. The summed E-state index contributed by atoms with van der Waals surface area (Å²) >= 11 is 2.30. The van der Waals surface area contributed by atoms with E-state index in [0.717, 1.165) is 34.9 Å². The second kappa shape index (κ2) is 4.99. The number of halogens is 1. The molecule has 1 aliphatic heterocycles. The van der Waals surface area contributed by atoms with Crippen LogP contribution in [-0.2, 0) is 12.8 Å². The van der Waals surface area contributed by atoms with Crippen molar-refractivity contribution in [3.05, 3.63) is 23.4 Å². The van der Waals surface area contributed by atoms with Gasteiger partial charge in [-0.1, -0.05) is 28.7 Å².